The first kappa shape index (κ1) is 29.2. The number of aryl methyl sites for hydroxylation is 1. The summed E-state index contributed by atoms with van der Waals surface area (Å²) in [6.45, 7) is 8.88. The summed E-state index contributed by atoms with van der Waals surface area (Å²) >= 11 is 0. The highest BCUT2D eigenvalue weighted by atomic mass is 32.2. The molecular formula is C34H37N3O5S. The number of likely N-dealkylation sites (N-methyl/N-ethyl adjacent to an activating group) is 1. The molecule has 3 aromatic carbocycles. The molecule has 1 amide bonds. The van der Waals surface area contributed by atoms with Gasteiger partial charge in [-0.15, -0.1) is 0 Å². The molecule has 0 aliphatic carbocycles. The molecule has 0 N–H and O–H groups in total. The molecule has 0 spiro atoms. The second kappa shape index (κ2) is 11.6. The number of nitrogens with zero attached hydrogens (tertiary/aromatic N) is 3. The van der Waals surface area contributed by atoms with Crippen molar-refractivity contribution in [3.8, 4) is 5.75 Å². The third-order valence-electron chi connectivity index (χ3n) is 8.26. The van der Waals surface area contributed by atoms with E-state index < -0.39 is 10.0 Å². The lowest BCUT2D eigenvalue weighted by atomic mass is 10.0. The number of para-hydroxylation sites is 1. The van der Waals surface area contributed by atoms with Crippen LogP contribution in [0.3, 0.4) is 0 Å². The predicted octanol–water partition coefficient (Wildman–Crippen LogP) is 5.69. The van der Waals surface area contributed by atoms with Gasteiger partial charge in [-0.05, 0) is 60.4 Å². The van der Waals surface area contributed by atoms with Gasteiger partial charge in [-0.3, -0.25) is 4.79 Å². The van der Waals surface area contributed by atoms with Gasteiger partial charge in [0.2, 0.25) is 10.0 Å². The Morgan fingerprint density at radius 1 is 1.02 bits per heavy atom. The van der Waals surface area contributed by atoms with Gasteiger partial charge in [-0.1, -0.05) is 44.2 Å². The summed E-state index contributed by atoms with van der Waals surface area (Å²) in [7, 11) is -1.99. The lowest BCUT2D eigenvalue weighted by molar-refractivity contribution is -0.112. The van der Waals surface area contributed by atoms with E-state index >= 15 is 0 Å². The normalized spacial score (nSPS) is 16.9. The largest absolute Gasteiger partial charge is 0.491 e. The van der Waals surface area contributed by atoms with Crippen LogP contribution in [0.2, 0.25) is 0 Å². The van der Waals surface area contributed by atoms with Gasteiger partial charge in [-0.2, -0.15) is 4.31 Å². The molecule has 3 heterocycles. The number of sulfonamides is 1. The first-order chi connectivity index (χ1) is 20.6. The molecule has 0 unspecified atom stereocenters. The van der Waals surface area contributed by atoms with Crippen LogP contribution in [0.25, 0.3) is 22.6 Å². The van der Waals surface area contributed by atoms with Crippen molar-refractivity contribution in [1.82, 2.24) is 8.87 Å². The Bertz CT molecular complexity index is 1830. The number of anilines is 1. The van der Waals surface area contributed by atoms with Crippen LogP contribution in [-0.2, 0) is 26.1 Å². The highest BCUT2D eigenvalue weighted by Gasteiger charge is 2.33. The molecule has 224 valence electrons. The van der Waals surface area contributed by atoms with Crippen molar-refractivity contribution in [1.29, 1.82) is 0 Å². The lowest BCUT2D eigenvalue weighted by Gasteiger charge is -2.26. The van der Waals surface area contributed by atoms with Crippen molar-refractivity contribution < 1.29 is 22.7 Å². The number of aromatic nitrogens is 1. The summed E-state index contributed by atoms with van der Waals surface area (Å²) < 4.78 is 42.0. The van der Waals surface area contributed by atoms with Crippen LogP contribution in [0.15, 0.2) is 71.8 Å². The Balaban J connectivity index is 1.33. The number of amides is 1. The molecular weight excluding hydrogens is 562 g/mol. The number of ether oxygens (including phenoxy) is 2. The first-order valence-electron chi connectivity index (χ1n) is 14.7. The smallest absolute Gasteiger partial charge is 0.258 e. The van der Waals surface area contributed by atoms with Crippen LogP contribution < -0.4 is 9.64 Å². The number of hydrogen-bond donors (Lipinski definition) is 0. The van der Waals surface area contributed by atoms with Crippen LogP contribution in [0, 0.1) is 6.92 Å². The molecule has 0 atom stereocenters. The van der Waals surface area contributed by atoms with Crippen LogP contribution >= 0.6 is 0 Å². The molecule has 0 saturated carbocycles. The fourth-order valence-electron chi connectivity index (χ4n) is 5.89. The number of hydrogen-bond acceptors (Lipinski definition) is 5. The third-order valence-corrected chi connectivity index (χ3v) is 10.2. The standard InChI is InChI=1S/C34H37N3O5S/c1-23(2)27-11-9-24(3)19-33(27)42-18-13-36-22-25(28-7-5-6-8-32(28)36)20-30-29-21-26(10-12-31(29)35(4)34(30)38)43(39,40)37-14-16-41-17-15-37/h5-12,19-23H,13-18H2,1-4H3. The number of carbonyl (C=O) groups is 1. The van der Waals surface area contributed by atoms with E-state index in [-0.39, 0.29) is 10.8 Å². The zero-order valence-corrected chi connectivity index (χ0v) is 25.9. The van der Waals surface area contributed by atoms with E-state index in [1.165, 1.54) is 9.87 Å². The first-order valence-corrected chi connectivity index (χ1v) is 16.1. The van der Waals surface area contributed by atoms with Gasteiger partial charge in [0, 0.05) is 53.9 Å². The second-order valence-corrected chi connectivity index (χ2v) is 13.4. The third kappa shape index (κ3) is 5.48. The maximum atomic E-state index is 13.5. The van der Waals surface area contributed by atoms with Gasteiger partial charge in [0.1, 0.15) is 12.4 Å². The van der Waals surface area contributed by atoms with Crippen molar-refractivity contribution in [2.24, 2.45) is 0 Å². The summed E-state index contributed by atoms with van der Waals surface area (Å²) in [5.74, 6) is 1.10. The van der Waals surface area contributed by atoms with Crippen molar-refractivity contribution in [2.75, 3.05) is 44.9 Å². The maximum absolute atomic E-state index is 13.5. The monoisotopic (exact) mass is 599 g/mol. The summed E-state index contributed by atoms with van der Waals surface area (Å²) in [6.07, 6.45) is 3.92. The highest BCUT2D eigenvalue weighted by Crippen LogP contribution is 2.39. The molecule has 1 aromatic heterocycles. The van der Waals surface area contributed by atoms with Gasteiger partial charge in [-0.25, -0.2) is 8.42 Å². The highest BCUT2D eigenvalue weighted by molar-refractivity contribution is 7.89. The number of rotatable bonds is 8. The van der Waals surface area contributed by atoms with E-state index in [2.05, 4.69) is 49.6 Å². The van der Waals surface area contributed by atoms with Crippen LogP contribution in [0.1, 0.15) is 42.0 Å². The van der Waals surface area contributed by atoms with E-state index in [0.717, 1.165) is 27.8 Å². The zero-order valence-electron chi connectivity index (χ0n) is 25.0. The Hall–Kier alpha value is -3.92. The van der Waals surface area contributed by atoms with Crippen LogP contribution in [0.4, 0.5) is 5.69 Å². The minimum Gasteiger partial charge on any atom is -0.491 e. The minimum absolute atomic E-state index is 0.170. The van der Waals surface area contributed by atoms with Crippen LogP contribution in [0.5, 0.6) is 5.75 Å². The van der Waals surface area contributed by atoms with Gasteiger partial charge in [0.25, 0.3) is 5.91 Å². The fourth-order valence-corrected chi connectivity index (χ4v) is 7.33. The summed E-state index contributed by atoms with van der Waals surface area (Å²) in [4.78, 5) is 15.2. The summed E-state index contributed by atoms with van der Waals surface area (Å²) in [5.41, 5.74) is 6.04. The van der Waals surface area contributed by atoms with Gasteiger partial charge >= 0.3 is 0 Å². The number of carbonyl (C=O) groups excluding carboxylic acids is 1. The van der Waals surface area contributed by atoms with Crippen molar-refractivity contribution in [3.05, 3.63) is 89.1 Å². The quantitative estimate of drug-likeness (QED) is 0.243. The van der Waals surface area contributed by atoms with Crippen molar-refractivity contribution >= 4 is 44.2 Å². The molecule has 0 radical (unpaired) electrons. The van der Waals surface area contributed by atoms with Gasteiger partial charge in [0.15, 0.2) is 0 Å². The van der Waals surface area contributed by atoms with Gasteiger partial charge < -0.3 is 18.9 Å². The maximum Gasteiger partial charge on any atom is 0.258 e. The molecule has 8 nitrogen and oxygen atoms in total. The van der Waals surface area contributed by atoms with E-state index in [9.17, 15) is 13.2 Å². The van der Waals surface area contributed by atoms with Gasteiger partial charge in [0.05, 0.1) is 30.3 Å². The molecule has 43 heavy (non-hydrogen) atoms. The molecule has 1 fully saturated rings. The topological polar surface area (TPSA) is 81.1 Å². The number of morpholine rings is 1. The predicted molar refractivity (Wildman–Crippen MR) is 170 cm³/mol. The molecule has 1 saturated heterocycles. The van der Waals surface area contributed by atoms with E-state index in [0.29, 0.717) is 62.2 Å². The zero-order chi connectivity index (χ0) is 30.3. The molecule has 2 aliphatic rings. The minimum atomic E-state index is -3.71. The Kier molecular flexibility index (Phi) is 7.89. The summed E-state index contributed by atoms with van der Waals surface area (Å²) in [6, 6.07) is 19.4. The second-order valence-electron chi connectivity index (χ2n) is 11.5. The van der Waals surface area contributed by atoms with E-state index in [1.54, 1.807) is 30.1 Å². The molecule has 2 aliphatic heterocycles. The molecule has 4 aromatic rings. The SMILES string of the molecule is Cc1ccc(C(C)C)c(OCCn2cc(C=C3C(=O)N(C)c4ccc(S(=O)(=O)N5CCOCC5)cc43)c3ccccc32)c1. The van der Waals surface area contributed by atoms with E-state index in [1.807, 2.05) is 30.5 Å². The Labute approximate surface area is 253 Å². The van der Waals surface area contributed by atoms with E-state index in [4.69, 9.17) is 9.47 Å². The molecule has 9 heteroatoms. The molecule has 0 bridgehead atoms. The van der Waals surface area contributed by atoms with Crippen molar-refractivity contribution in [2.45, 2.75) is 38.1 Å². The van der Waals surface area contributed by atoms with Crippen molar-refractivity contribution in [3.63, 3.8) is 0 Å². The number of benzene rings is 3. The lowest BCUT2D eigenvalue weighted by Crippen LogP contribution is -2.40. The Morgan fingerprint density at radius 2 is 1.79 bits per heavy atom. The average Bonchev–Trinajstić information content (AvgIpc) is 3.47. The number of fused-ring (bicyclic) bond motifs is 2. The summed E-state index contributed by atoms with van der Waals surface area (Å²) in [5, 5.41) is 1.01. The average molecular weight is 600 g/mol. The Morgan fingerprint density at radius 3 is 2.56 bits per heavy atom. The fraction of sp³-hybridized carbons (Fsp3) is 0.324. The van der Waals surface area contributed by atoms with Crippen LogP contribution in [-0.4, -0.2) is 63.2 Å². The molecule has 6 rings (SSSR count).